The van der Waals surface area contributed by atoms with Crippen molar-refractivity contribution in [2.24, 2.45) is 0 Å². The molecule has 4 heterocycles. The molecule has 3 N–H and O–H groups in total. The molecule has 9 heteroatoms. The molecular weight excluding hydrogens is 362 g/mol. The van der Waals surface area contributed by atoms with Crippen molar-refractivity contribution in [1.82, 2.24) is 19.6 Å². The number of aromatic nitrogens is 4. The van der Waals surface area contributed by atoms with E-state index >= 15 is 0 Å². The number of nitrogens with one attached hydrogen (secondary N) is 1. The number of nitrogens with zero attached hydrogens (tertiary/aromatic N) is 4. The van der Waals surface area contributed by atoms with E-state index in [0.717, 1.165) is 43.0 Å². The average Bonchev–Trinajstić information content (AvgIpc) is 3.29. The van der Waals surface area contributed by atoms with Gasteiger partial charge in [-0.05, 0) is 32.3 Å². The largest absolute Gasteiger partial charge is 0.506 e. The van der Waals surface area contributed by atoms with Gasteiger partial charge in [0.05, 0.1) is 17.6 Å². The highest BCUT2D eigenvalue weighted by Crippen LogP contribution is 2.32. The summed E-state index contributed by atoms with van der Waals surface area (Å²) in [5.41, 5.74) is 1.22. The Morgan fingerprint density at radius 2 is 2.04 bits per heavy atom. The van der Waals surface area contributed by atoms with Gasteiger partial charge >= 0.3 is 5.97 Å². The van der Waals surface area contributed by atoms with E-state index in [9.17, 15) is 19.8 Å². The summed E-state index contributed by atoms with van der Waals surface area (Å²) < 4.78 is 1.71. The van der Waals surface area contributed by atoms with E-state index in [1.54, 1.807) is 17.6 Å². The lowest BCUT2D eigenvalue weighted by molar-refractivity contribution is 0.0691. The maximum absolute atomic E-state index is 12.2. The first kappa shape index (κ1) is 18.0. The Bertz CT molecular complexity index is 1140. The first-order valence-corrected chi connectivity index (χ1v) is 9.24. The van der Waals surface area contributed by atoms with Crippen LogP contribution < -0.4 is 10.5 Å². The van der Waals surface area contributed by atoms with Gasteiger partial charge in [0.15, 0.2) is 11.4 Å². The molecule has 3 aromatic heterocycles. The highest BCUT2D eigenvalue weighted by Gasteiger charge is 2.24. The lowest BCUT2D eigenvalue weighted by Gasteiger charge is -2.17. The molecule has 1 fully saturated rings. The first-order valence-electron chi connectivity index (χ1n) is 9.24. The standard InChI is InChI=1S/C19H21N5O4/c1-3-11-15(21-18(26)14(16(11)25)19(27)28)12-8-13-17(23-6-4-5-7-23)20-10(2)9-24(13)22-12/h8-9H,3-7H2,1-2H3,(H,27,28)(H2,21,25,26). The Morgan fingerprint density at radius 3 is 2.68 bits per heavy atom. The van der Waals surface area contributed by atoms with Gasteiger partial charge < -0.3 is 20.1 Å². The predicted octanol–water partition coefficient (Wildman–Crippen LogP) is 1.96. The number of carbonyl (C=O) groups is 1. The zero-order chi connectivity index (χ0) is 20.0. The number of aromatic hydroxyl groups is 1. The summed E-state index contributed by atoms with van der Waals surface area (Å²) in [5.74, 6) is -1.14. The monoisotopic (exact) mass is 383 g/mol. The molecule has 0 amide bonds. The summed E-state index contributed by atoms with van der Waals surface area (Å²) in [6.45, 7) is 5.53. The van der Waals surface area contributed by atoms with Gasteiger partial charge in [0, 0.05) is 18.7 Å². The highest BCUT2D eigenvalue weighted by atomic mass is 16.4. The molecule has 0 saturated carbocycles. The fraction of sp³-hybridized carbons (Fsp3) is 0.368. The van der Waals surface area contributed by atoms with E-state index in [2.05, 4.69) is 20.0 Å². The minimum absolute atomic E-state index is 0.323. The van der Waals surface area contributed by atoms with Crippen molar-refractivity contribution in [2.75, 3.05) is 18.0 Å². The van der Waals surface area contributed by atoms with Crippen LogP contribution in [-0.4, -0.2) is 48.9 Å². The Labute approximate surface area is 160 Å². The van der Waals surface area contributed by atoms with Crippen molar-refractivity contribution in [3.05, 3.63) is 39.4 Å². The molecule has 0 unspecified atom stereocenters. The van der Waals surface area contributed by atoms with Gasteiger partial charge in [0.1, 0.15) is 17.0 Å². The van der Waals surface area contributed by atoms with E-state index in [1.165, 1.54) is 0 Å². The third-order valence-electron chi connectivity index (χ3n) is 5.08. The van der Waals surface area contributed by atoms with Gasteiger partial charge in [-0.25, -0.2) is 14.3 Å². The summed E-state index contributed by atoms with van der Waals surface area (Å²) >= 11 is 0. The Morgan fingerprint density at radius 1 is 1.32 bits per heavy atom. The minimum atomic E-state index is -1.47. The topological polar surface area (TPSA) is 124 Å². The minimum Gasteiger partial charge on any atom is -0.506 e. The zero-order valence-corrected chi connectivity index (χ0v) is 15.7. The van der Waals surface area contributed by atoms with E-state index in [1.807, 2.05) is 13.0 Å². The van der Waals surface area contributed by atoms with Crippen molar-refractivity contribution in [3.8, 4) is 17.1 Å². The summed E-state index contributed by atoms with van der Waals surface area (Å²) in [6, 6.07) is 1.81. The van der Waals surface area contributed by atoms with Crippen LogP contribution in [-0.2, 0) is 6.42 Å². The molecule has 9 nitrogen and oxygen atoms in total. The molecule has 4 rings (SSSR count). The third-order valence-corrected chi connectivity index (χ3v) is 5.08. The van der Waals surface area contributed by atoms with Gasteiger partial charge in [-0.2, -0.15) is 5.10 Å². The van der Waals surface area contributed by atoms with Gasteiger partial charge in [-0.15, -0.1) is 0 Å². The maximum atomic E-state index is 12.2. The molecule has 28 heavy (non-hydrogen) atoms. The maximum Gasteiger partial charge on any atom is 0.345 e. The fourth-order valence-electron chi connectivity index (χ4n) is 3.76. The summed E-state index contributed by atoms with van der Waals surface area (Å²) in [6.07, 6.45) is 4.36. The van der Waals surface area contributed by atoms with Crippen LogP contribution in [0.1, 0.15) is 41.4 Å². The Kier molecular flexibility index (Phi) is 4.29. The van der Waals surface area contributed by atoms with E-state index in [4.69, 9.17) is 0 Å². The van der Waals surface area contributed by atoms with Crippen molar-refractivity contribution in [3.63, 3.8) is 0 Å². The molecule has 3 aromatic rings. The predicted molar refractivity (Wildman–Crippen MR) is 103 cm³/mol. The number of fused-ring (bicyclic) bond motifs is 1. The second-order valence-electron chi connectivity index (χ2n) is 6.95. The molecule has 1 saturated heterocycles. The van der Waals surface area contributed by atoms with Crippen LogP contribution in [0.5, 0.6) is 5.75 Å². The second kappa shape index (κ2) is 6.66. The van der Waals surface area contributed by atoms with Crippen molar-refractivity contribution in [2.45, 2.75) is 33.1 Å². The van der Waals surface area contributed by atoms with Crippen molar-refractivity contribution in [1.29, 1.82) is 0 Å². The quantitative estimate of drug-likeness (QED) is 0.629. The number of H-pyrrole nitrogens is 1. The molecule has 0 aliphatic carbocycles. The van der Waals surface area contributed by atoms with Crippen LogP contribution in [0.2, 0.25) is 0 Å². The average molecular weight is 383 g/mol. The number of pyridine rings is 1. The SMILES string of the molecule is CCc1c(-c2cc3c(N4CCCC4)nc(C)cn3n2)[nH]c(=O)c(C(=O)O)c1O. The molecule has 0 spiro atoms. The van der Waals surface area contributed by atoms with Gasteiger partial charge in [0.2, 0.25) is 0 Å². The number of aromatic amines is 1. The van der Waals surface area contributed by atoms with E-state index in [0.29, 0.717) is 23.4 Å². The second-order valence-corrected chi connectivity index (χ2v) is 6.95. The number of hydrogen-bond acceptors (Lipinski definition) is 6. The lowest BCUT2D eigenvalue weighted by atomic mass is 10.0. The van der Waals surface area contributed by atoms with Gasteiger partial charge in [-0.3, -0.25) is 4.79 Å². The molecular formula is C19H21N5O4. The number of anilines is 1. The highest BCUT2D eigenvalue weighted by molar-refractivity contribution is 5.92. The smallest absolute Gasteiger partial charge is 0.345 e. The number of carboxylic acid groups (broad SMARTS) is 1. The van der Waals surface area contributed by atoms with Crippen LogP contribution >= 0.6 is 0 Å². The van der Waals surface area contributed by atoms with Crippen LogP contribution in [0, 0.1) is 6.92 Å². The van der Waals surface area contributed by atoms with Crippen LogP contribution in [0.4, 0.5) is 5.82 Å². The lowest BCUT2D eigenvalue weighted by Crippen LogP contribution is -2.20. The van der Waals surface area contributed by atoms with Crippen LogP contribution in [0.3, 0.4) is 0 Å². The van der Waals surface area contributed by atoms with E-state index < -0.39 is 22.8 Å². The molecule has 0 radical (unpaired) electrons. The number of carboxylic acids is 1. The van der Waals surface area contributed by atoms with Gasteiger partial charge in [-0.1, -0.05) is 6.92 Å². The molecule has 1 aliphatic rings. The number of hydrogen-bond donors (Lipinski definition) is 3. The van der Waals surface area contributed by atoms with Crippen LogP contribution in [0.25, 0.3) is 16.9 Å². The van der Waals surface area contributed by atoms with Crippen LogP contribution in [0.15, 0.2) is 17.1 Å². The zero-order valence-electron chi connectivity index (χ0n) is 15.7. The molecule has 0 aromatic carbocycles. The number of rotatable bonds is 4. The molecule has 0 atom stereocenters. The van der Waals surface area contributed by atoms with E-state index in [-0.39, 0.29) is 0 Å². The Balaban J connectivity index is 1.94. The van der Waals surface area contributed by atoms with Crippen molar-refractivity contribution >= 4 is 17.3 Å². The molecule has 1 aliphatic heterocycles. The Hall–Kier alpha value is -3.36. The normalized spacial score (nSPS) is 14.1. The third kappa shape index (κ3) is 2.79. The fourth-order valence-corrected chi connectivity index (χ4v) is 3.76. The molecule has 146 valence electrons. The summed E-state index contributed by atoms with van der Waals surface area (Å²) in [7, 11) is 0. The molecule has 0 bridgehead atoms. The summed E-state index contributed by atoms with van der Waals surface area (Å²) in [5, 5.41) is 24.2. The number of aryl methyl sites for hydroxylation is 1. The number of aromatic carboxylic acids is 1. The summed E-state index contributed by atoms with van der Waals surface area (Å²) in [4.78, 5) is 33.0. The first-order chi connectivity index (χ1) is 13.4. The van der Waals surface area contributed by atoms with Gasteiger partial charge in [0.25, 0.3) is 5.56 Å². The van der Waals surface area contributed by atoms with Crippen molar-refractivity contribution < 1.29 is 15.0 Å².